The van der Waals surface area contributed by atoms with Gasteiger partial charge in [-0.1, -0.05) is 18.2 Å². The number of ether oxygens (including phenoxy) is 1. The normalized spacial score (nSPS) is 11.2. The number of carbonyl (C=O) groups excluding carboxylic acids is 1. The number of hydrogen-bond donors (Lipinski definition) is 1. The monoisotopic (exact) mass is 257 g/mol. The molecular formula is C14H12NO2P. The second kappa shape index (κ2) is 4.35. The third-order valence-electron chi connectivity index (χ3n) is 2.94. The number of carbonyl (C=O) groups is 1. The second-order valence-corrected chi connectivity index (χ2v) is 5.22. The molecule has 0 saturated heterocycles. The van der Waals surface area contributed by atoms with Crippen LogP contribution in [0.5, 0.6) is 0 Å². The molecule has 0 aliphatic heterocycles. The summed E-state index contributed by atoms with van der Waals surface area (Å²) in [4.78, 5) is 14.5. The highest BCUT2D eigenvalue weighted by atomic mass is 31.0. The van der Waals surface area contributed by atoms with Gasteiger partial charge < -0.3 is 9.72 Å². The number of rotatable bonds is 2. The number of benzene rings is 1. The lowest BCUT2D eigenvalue weighted by atomic mass is 10.1. The highest BCUT2D eigenvalue weighted by Gasteiger charge is 2.09. The smallest absolute Gasteiger partial charge is 0.354 e. The molecule has 0 spiro atoms. The lowest BCUT2D eigenvalue weighted by Crippen LogP contribution is -2.00. The summed E-state index contributed by atoms with van der Waals surface area (Å²) in [6.45, 7) is 0. The fourth-order valence-corrected chi connectivity index (χ4v) is 2.92. The molecule has 3 nitrogen and oxygen atoms in total. The minimum atomic E-state index is -0.337. The number of nitrogens with one attached hydrogen (secondary N) is 1. The van der Waals surface area contributed by atoms with Gasteiger partial charge in [-0.2, -0.15) is 0 Å². The number of aromatic nitrogens is 1. The molecule has 2 heterocycles. The van der Waals surface area contributed by atoms with Crippen LogP contribution in [0.25, 0.3) is 21.8 Å². The van der Waals surface area contributed by atoms with E-state index in [-0.39, 0.29) is 5.97 Å². The first-order chi connectivity index (χ1) is 8.78. The van der Waals surface area contributed by atoms with Crippen molar-refractivity contribution < 1.29 is 9.53 Å². The van der Waals surface area contributed by atoms with Crippen molar-refractivity contribution in [3.63, 3.8) is 0 Å². The molecule has 0 radical (unpaired) electrons. The standard InChI is InChI=1S/C14H12NO2P/c1-17-14(16)12-8-10-7-9(4-5-11(10)15-12)13-3-2-6-18-13/h2-8,15,18H,1H3. The van der Waals surface area contributed by atoms with E-state index in [1.165, 1.54) is 18.0 Å². The Morgan fingerprint density at radius 2 is 2.17 bits per heavy atom. The quantitative estimate of drug-likeness (QED) is 0.712. The average Bonchev–Trinajstić information content (AvgIpc) is 3.05. The van der Waals surface area contributed by atoms with Crippen LogP contribution < -0.4 is 0 Å². The minimum Gasteiger partial charge on any atom is -0.464 e. The van der Waals surface area contributed by atoms with E-state index in [4.69, 9.17) is 4.74 Å². The summed E-state index contributed by atoms with van der Waals surface area (Å²) in [6.07, 6.45) is 0. The van der Waals surface area contributed by atoms with Crippen molar-refractivity contribution >= 4 is 25.1 Å². The molecule has 0 aliphatic carbocycles. The van der Waals surface area contributed by atoms with E-state index in [0.29, 0.717) is 5.69 Å². The summed E-state index contributed by atoms with van der Waals surface area (Å²) >= 11 is 0. The lowest BCUT2D eigenvalue weighted by molar-refractivity contribution is 0.0595. The van der Waals surface area contributed by atoms with Gasteiger partial charge in [0, 0.05) is 10.9 Å². The topological polar surface area (TPSA) is 42.1 Å². The lowest BCUT2D eigenvalue weighted by Gasteiger charge is -1.97. The third kappa shape index (κ3) is 1.83. The van der Waals surface area contributed by atoms with E-state index in [9.17, 15) is 4.79 Å². The molecule has 1 unspecified atom stereocenters. The van der Waals surface area contributed by atoms with Crippen LogP contribution in [0.4, 0.5) is 0 Å². The van der Waals surface area contributed by atoms with Gasteiger partial charge in [0.05, 0.1) is 7.11 Å². The zero-order valence-electron chi connectivity index (χ0n) is 9.86. The molecule has 1 N–H and O–H groups in total. The fourth-order valence-electron chi connectivity index (χ4n) is 2.03. The van der Waals surface area contributed by atoms with Crippen LogP contribution >= 0.6 is 8.19 Å². The molecule has 3 aromatic rings. The molecule has 0 saturated carbocycles. The molecule has 90 valence electrons. The molecule has 1 atom stereocenters. The summed E-state index contributed by atoms with van der Waals surface area (Å²) in [5, 5.41) is 2.36. The van der Waals surface area contributed by atoms with Crippen molar-refractivity contribution in [3.8, 4) is 10.9 Å². The van der Waals surface area contributed by atoms with Gasteiger partial charge in [0.25, 0.3) is 0 Å². The molecule has 0 amide bonds. The number of H-pyrrole nitrogens is 1. The minimum absolute atomic E-state index is 0.337. The van der Waals surface area contributed by atoms with Crippen molar-refractivity contribution in [1.29, 1.82) is 0 Å². The highest BCUT2D eigenvalue weighted by molar-refractivity contribution is 7.33. The van der Waals surface area contributed by atoms with Crippen molar-refractivity contribution in [2.75, 3.05) is 7.11 Å². The maximum Gasteiger partial charge on any atom is 0.354 e. The second-order valence-electron chi connectivity index (χ2n) is 4.06. The number of fused-ring (bicyclic) bond motifs is 1. The Bertz CT molecular complexity index is 698. The van der Waals surface area contributed by atoms with Crippen molar-refractivity contribution in [2.45, 2.75) is 0 Å². The van der Waals surface area contributed by atoms with Crippen LogP contribution in [-0.2, 0) is 4.74 Å². The molecule has 3 rings (SSSR count). The van der Waals surface area contributed by atoms with Gasteiger partial charge in [-0.25, -0.2) is 4.79 Å². The van der Waals surface area contributed by atoms with Gasteiger partial charge in [-0.3, -0.25) is 0 Å². The molecule has 0 aliphatic rings. The summed E-state index contributed by atoms with van der Waals surface area (Å²) < 4.78 is 4.71. The van der Waals surface area contributed by atoms with Crippen LogP contribution in [-0.4, -0.2) is 18.1 Å². The van der Waals surface area contributed by atoms with E-state index >= 15 is 0 Å². The fraction of sp³-hybridized carbons (Fsp3) is 0.0714. The summed E-state index contributed by atoms with van der Waals surface area (Å²) in [5.41, 5.74) is 2.65. The summed E-state index contributed by atoms with van der Waals surface area (Å²) in [7, 11) is 2.11. The average molecular weight is 257 g/mol. The number of aromatic amines is 1. The van der Waals surface area contributed by atoms with Gasteiger partial charge in [-0.15, -0.1) is 8.19 Å². The largest absolute Gasteiger partial charge is 0.464 e. The Morgan fingerprint density at radius 1 is 1.28 bits per heavy atom. The first-order valence-corrected chi connectivity index (χ1v) is 6.70. The van der Waals surface area contributed by atoms with Crippen LogP contribution in [0.3, 0.4) is 0 Å². The molecule has 2 aromatic heterocycles. The number of hydrogen-bond acceptors (Lipinski definition) is 2. The Labute approximate surface area is 106 Å². The van der Waals surface area contributed by atoms with Crippen molar-refractivity contribution in [1.82, 2.24) is 4.98 Å². The Hall–Kier alpha value is -1.99. The van der Waals surface area contributed by atoms with Gasteiger partial charge in [0.15, 0.2) is 0 Å². The number of esters is 1. The van der Waals surface area contributed by atoms with E-state index < -0.39 is 0 Å². The molecular weight excluding hydrogens is 245 g/mol. The predicted octanol–water partition coefficient (Wildman–Crippen LogP) is 3.65. The van der Waals surface area contributed by atoms with E-state index in [1.807, 2.05) is 12.1 Å². The zero-order valence-corrected chi connectivity index (χ0v) is 10.9. The maximum absolute atomic E-state index is 11.5. The van der Waals surface area contributed by atoms with Crippen LogP contribution in [0.15, 0.2) is 42.2 Å². The predicted molar refractivity (Wildman–Crippen MR) is 74.6 cm³/mol. The maximum atomic E-state index is 11.5. The molecule has 1 aromatic carbocycles. The van der Waals surface area contributed by atoms with Gasteiger partial charge in [0.1, 0.15) is 5.69 Å². The van der Waals surface area contributed by atoms with Gasteiger partial charge in [-0.05, 0) is 34.9 Å². The first-order valence-electron chi connectivity index (χ1n) is 5.63. The number of methoxy groups -OCH3 is 1. The zero-order chi connectivity index (χ0) is 12.5. The Morgan fingerprint density at radius 3 is 2.89 bits per heavy atom. The molecule has 4 heteroatoms. The highest BCUT2D eigenvalue weighted by Crippen LogP contribution is 2.31. The van der Waals surface area contributed by atoms with E-state index in [1.54, 1.807) is 0 Å². The van der Waals surface area contributed by atoms with E-state index in [0.717, 1.165) is 19.1 Å². The van der Waals surface area contributed by atoms with Crippen molar-refractivity contribution in [2.24, 2.45) is 0 Å². The van der Waals surface area contributed by atoms with Crippen molar-refractivity contribution in [3.05, 3.63) is 47.9 Å². The first kappa shape index (κ1) is 11.1. The summed E-state index contributed by atoms with van der Waals surface area (Å²) in [6, 6.07) is 12.2. The van der Waals surface area contributed by atoms with Gasteiger partial charge >= 0.3 is 5.97 Å². The molecule has 18 heavy (non-hydrogen) atoms. The molecule has 0 fully saturated rings. The Balaban J connectivity index is 2.10. The van der Waals surface area contributed by atoms with Crippen LogP contribution in [0.1, 0.15) is 10.5 Å². The molecule has 0 bridgehead atoms. The summed E-state index contributed by atoms with van der Waals surface area (Å²) in [5.74, 6) is 1.83. The van der Waals surface area contributed by atoms with Crippen LogP contribution in [0.2, 0.25) is 0 Å². The Kier molecular flexibility index (Phi) is 2.69. The SMILES string of the molecule is COC(=O)c1cc2cc(-c3ccc[pH]3)ccc2[nH]1. The van der Waals surface area contributed by atoms with Crippen LogP contribution in [0, 0.1) is 0 Å². The third-order valence-corrected chi connectivity index (χ3v) is 4.06. The van der Waals surface area contributed by atoms with E-state index in [2.05, 4.69) is 35.0 Å². The van der Waals surface area contributed by atoms with Gasteiger partial charge in [0.2, 0.25) is 0 Å².